The first-order valence-electron chi connectivity index (χ1n) is 6.53. The summed E-state index contributed by atoms with van der Waals surface area (Å²) in [6.07, 6.45) is 7.17. The van der Waals surface area contributed by atoms with E-state index in [4.69, 9.17) is 0 Å². The minimum Gasteiger partial charge on any atom is -0.382 e. The molecule has 4 nitrogen and oxygen atoms in total. The lowest BCUT2D eigenvalue weighted by Crippen LogP contribution is -2.15. The highest BCUT2D eigenvalue weighted by Crippen LogP contribution is 2.27. The van der Waals surface area contributed by atoms with E-state index in [-0.39, 0.29) is 0 Å². The van der Waals surface area contributed by atoms with E-state index in [0.717, 1.165) is 11.6 Å². The van der Waals surface area contributed by atoms with Crippen molar-refractivity contribution in [2.45, 2.75) is 32.2 Å². The molecule has 1 aromatic carbocycles. The molecule has 1 fully saturated rings. The smallest absolute Gasteiger partial charge is 0.138 e. The zero-order chi connectivity index (χ0) is 12.4. The third-order valence-electron chi connectivity index (χ3n) is 3.62. The molecule has 0 amide bonds. The quantitative estimate of drug-likeness (QED) is 0.900. The van der Waals surface area contributed by atoms with Gasteiger partial charge in [-0.3, -0.25) is 0 Å². The van der Waals surface area contributed by atoms with Gasteiger partial charge in [0.15, 0.2) is 0 Å². The van der Waals surface area contributed by atoms with Crippen LogP contribution in [0.4, 0.5) is 5.69 Å². The first-order valence-corrected chi connectivity index (χ1v) is 6.53. The first-order chi connectivity index (χ1) is 8.81. The number of anilines is 1. The van der Waals surface area contributed by atoms with E-state index in [2.05, 4.69) is 46.6 Å². The molecule has 3 rings (SSSR count). The first kappa shape index (κ1) is 11.3. The average molecular weight is 242 g/mol. The number of rotatable bonds is 3. The summed E-state index contributed by atoms with van der Waals surface area (Å²) in [4.78, 5) is 3.95. The van der Waals surface area contributed by atoms with E-state index in [1.165, 1.54) is 24.9 Å². The number of nitrogens with zero attached hydrogens (tertiary/aromatic N) is 3. The molecular weight excluding hydrogens is 224 g/mol. The summed E-state index contributed by atoms with van der Waals surface area (Å²) in [5.74, 6) is 0.858. The lowest BCUT2D eigenvalue weighted by Gasteiger charge is -2.14. The minimum absolute atomic E-state index is 0.636. The van der Waals surface area contributed by atoms with Gasteiger partial charge in [0, 0.05) is 11.7 Å². The molecule has 4 heteroatoms. The van der Waals surface area contributed by atoms with Crippen LogP contribution in [-0.2, 0) is 0 Å². The molecule has 0 radical (unpaired) electrons. The largest absolute Gasteiger partial charge is 0.382 e. The second kappa shape index (κ2) is 4.80. The molecule has 0 saturated heterocycles. The van der Waals surface area contributed by atoms with Crippen LogP contribution in [-0.4, -0.2) is 20.8 Å². The maximum atomic E-state index is 4.11. The molecule has 2 unspecified atom stereocenters. The van der Waals surface area contributed by atoms with Gasteiger partial charge in [-0.05, 0) is 49.4 Å². The Morgan fingerprint density at radius 3 is 2.67 bits per heavy atom. The van der Waals surface area contributed by atoms with Crippen LogP contribution in [0.2, 0.25) is 0 Å². The van der Waals surface area contributed by atoms with Crippen molar-refractivity contribution in [1.29, 1.82) is 0 Å². The zero-order valence-electron chi connectivity index (χ0n) is 10.6. The molecule has 0 aliphatic heterocycles. The van der Waals surface area contributed by atoms with Gasteiger partial charge in [0.2, 0.25) is 0 Å². The highest BCUT2D eigenvalue weighted by atomic mass is 15.3. The van der Waals surface area contributed by atoms with Gasteiger partial charge in [0.25, 0.3) is 0 Å². The van der Waals surface area contributed by atoms with Gasteiger partial charge in [-0.15, -0.1) is 0 Å². The van der Waals surface area contributed by atoms with Gasteiger partial charge in [-0.25, -0.2) is 9.67 Å². The fourth-order valence-electron chi connectivity index (χ4n) is 2.63. The van der Waals surface area contributed by atoms with Crippen LogP contribution in [0.1, 0.15) is 26.2 Å². The molecule has 18 heavy (non-hydrogen) atoms. The Balaban J connectivity index is 1.68. The lowest BCUT2D eigenvalue weighted by molar-refractivity contribution is 0.602. The molecule has 1 saturated carbocycles. The van der Waals surface area contributed by atoms with Crippen molar-refractivity contribution in [3.63, 3.8) is 0 Å². The number of hydrogen-bond acceptors (Lipinski definition) is 3. The van der Waals surface area contributed by atoms with Crippen LogP contribution in [0.3, 0.4) is 0 Å². The Hall–Kier alpha value is -1.84. The minimum atomic E-state index is 0.636. The van der Waals surface area contributed by atoms with Crippen molar-refractivity contribution in [1.82, 2.24) is 14.8 Å². The number of nitrogens with one attached hydrogen (secondary N) is 1. The summed E-state index contributed by atoms with van der Waals surface area (Å²) in [7, 11) is 0. The van der Waals surface area contributed by atoms with Gasteiger partial charge >= 0.3 is 0 Å². The highest BCUT2D eigenvalue weighted by molar-refractivity contribution is 5.49. The van der Waals surface area contributed by atoms with Crippen molar-refractivity contribution in [2.24, 2.45) is 5.92 Å². The van der Waals surface area contributed by atoms with Gasteiger partial charge in [0.1, 0.15) is 12.7 Å². The Morgan fingerprint density at radius 1 is 1.22 bits per heavy atom. The van der Waals surface area contributed by atoms with Crippen LogP contribution >= 0.6 is 0 Å². The fraction of sp³-hybridized carbons (Fsp3) is 0.429. The van der Waals surface area contributed by atoms with Crippen LogP contribution in [0, 0.1) is 5.92 Å². The highest BCUT2D eigenvalue weighted by Gasteiger charge is 2.20. The standard InChI is InChI=1S/C14H18N4/c1-11-2-3-13(8-11)17-12-4-6-14(7-5-12)18-10-15-9-16-18/h4-7,9-11,13,17H,2-3,8H2,1H3. The average Bonchev–Trinajstić information content (AvgIpc) is 3.02. The van der Waals surface area contributed by atoms with Gasteiger partial charge in [0.05, 0.1) is 5.69 Å². The van der Waals surface area contributed by atoms with Crippen molar-refractivity contribution >= 4 is 5.69 Å². The summed E-state index contributed by atoms with van der Waals surface area (Å²) in [5, 5.41) is 7.71. The second-order valence-corrected chi connectivity index (χ2v) is 5.15. The zero-order valence-corrected chi connectivity index (χ0v) is 10.6. The van der Waals surface area contributed by atoms with Gasteiger partial charge < -0.3 is 5.32 Å². The summed E-state index contributed by atoms with van der Waals surface area (Å²) >= 11 is 0. The van der Waals surface area contributed by atoms with Crippen molar-refractivity contribution in [2.75, 3.05) is 5.32 Å². The Labute approximate surface area is 107 Å². The molecule has 1 heterocycles. The van der Waals surface area contributed by atoms with E-state index in [9.17, 15) is 0 Å². The van der Waals surface area contributed by atoms with Gasteiger partial charge in [-0.2, -0.15) is 5.10 Å². The van der Waals surface area contributed by atoms with E-state index in [1.54, 1.807) is 17.3 Å². The molecule has 1 aliphatic rings. The topological polar surface area (TPSA) is 42.7 Å². The predicted molar refractivity (Wildman–Crippen MR) is 71.8 cm³/mol. The fourth-order valence-corrected chi connectivity index (χ4v) is 2.63. The van der Waals surface area contributed by atoms with Crippen LogP contribution in [0.15, 0.2) is 36.9 Å². The molecule has 1 aromatic heterocycles. The number of aromatic nitrogens is 3. The van der Waals surface area contributed by atoms with Crippen LogP contribution < -0.4 is 5.32 Å². The molecule has 94 valence electrons. The summed E-state index contributed by atoms with van der Waals surface area (Å²) < 4.78 is 1.77. The Bertz CT molecular complexity index is 489. The summed E-state index contributed by atoms with van der Waals surface area (Å²) in [6.45, 7) is 2.33. The Morgan fingerprint density at radius 2 is 2.06 bits per heavy atom. The third kappa shape index (κ3) is 2.37. The van der Waals surface area contributed by atoms with E-state index in [0.29, 0.717) is 6.04 Å². The van der Waals surface area contributed by atoms with Crippen LogP contribution in [0.25, 0.3) is 5.69 Å². The number of hydrogen-bond donors (Lipinski definition) is 1. The molecule has 0 spiro atoms. The molecule has 0 bridgehead atoms. The number of benzene rings is 1. The maximum Gasteiger partial charge on any atom is 0.138 e. The molecule has 1 N–H and O–H groups in total. The van der Waals surface area contributed by atoms with Crippen molar-refractivity contribution < 1.29 is 0 Å². The molecular formula is C14H18N4. The second-order valence-electron chi connectivity index (χ2n) is 5.15. The SMILES string of the molecule is CC1CCC(Nc2ccc(-n3cncn3)cc2)C1. The van der Waals surface area contributed by atoms with E-state index in [1.807, 2.05) is 0 Å². The molecule has 1 aliphatic carbocycles. The summed E-state index contributed by atoms with van der Waals surface area (Å²) in [5.41, 5.74) is 2.23. The van der Waals surface area contributed by atoms with E-state index >= 15 is 0 Å². The van der Waals surface area contributed by atoms with Crippen molar-refractivity contribution in [3.05, 3.63) is 36.9 Å². The van der Waals surface area contributed by atoms with E-state index < -0.39 is 0 Å². The summed E-state index contributed by atoms with van der Waals surface area (Å²) in [6, 6.07) is 8.99. The Kier molecular flexibility index (Phi) is 3.00. The van der Waals surface area contributed by atoms with Crippen molar-refractivity contribution in [3.8, 4) is 5.69 Å². The maximum absolute atomic E-state index is 4.11. The predicted octanol–water partition coefficient (Wildman–Crippen LogP) is 2.87. The van der Waals surface area contributed by atoms with Gasteiger partial charge in [-0.1, -0.05) is 6.92 Å². The third-order valence-corrected chi connectivity index (χ3v) is 3.62. The molecule has 2 atom stereocenters. The molecule has 2 aromatic rings. The lowest BCUT2D eigenvalue weighted by atomic mass is 10.1. The van der Waals surface area contributed by atoms with Crippen LogP contribution in [0.5, 0.6) is 0 Å². The monoisotopic (exact) mass is 242 g/mol. The normalized spacial score (nSPS) is 23.2.